The number of nitrogens with one attached hydrogen (secondary N) is 1. The molecule has 0 aliphatic heterocycles. The molecule has 0 saturated heterocycles. The highest BCUT2D eigenvalue weighted by atomic mass is 32.2. The molecule has 2 atom stereocenters. The summed E-state index contributed by atoms with van der Waals surface area (Å²) < 4.78 is 0. The van der Waals surface area contributed by atoms with Crippen LogP contribution in [-0.2, 0) is 20.8 Å². The minimum atomic E-state index is -1.08. The van der Waals surface area contributed by atoms with E-state index in [0.29, 0.717) is 6.42 Å². The van der Waals surface area contributed by atoms with Gasteiger partial charge in [0.15, 0.2) is 0 Å². The molecular weight excluding hydrogens is 348 g/mol. The highest BCUT2D eigenvalue weighted by molar-refractivity contribution is 7.98. The van der Waals surface area contributed by atoms with Gasteiger partial charge >= 0.3 is 11.9 Å². The van der Waals surface area contributed by atoms with Gasteiger partial charge in [-0.2, -0.15) is 11.8 Å². The first-order valence-electron chi connectivity index (χ1n) is 7.42. The first-order chi connectivity index (χ1) is 11.7. The summed E-state index contributed by atoms with van der Waals surface area (Å²) in [6.45, 7) is 1.27. The van der Waals surface area contributed by atoms with Crippen molar-refractivity contribution >= 4 is 29.6 Å². The molecule has 9 heteroatoms. The van der Waals surface area contributed by atoms with Gasteiger partial charge < -0.3 is 26.4 Å². The Balaban J connectivity index is 0.000000547. The van der Waals surface area contributed by atoms with Crippen molar-refractivity contribution in [3.8, 4) is 5.75 Å². The molecule has 2 unspecified atom stereocenters. The SMILES string of the molecule is CC(=O)NC(Cc1ccc(O)cc1)C(=O)O.CSCCC(N)C(=O)O. The van der Waals surface area contributed by atoms with Crippen molar-refractivity contribution in [3.63, 3.8) is 0 Å². The summed E-state index contributed by atoms with van der Waals surface area (Å²) in [4.78, 5) is 31.7. The zero-order valence-corrected chi connectivity index (χ0v) is 15.0. The molecule has 1 aromatic carbocycles. The van der Waals surface area contributed by atoms with Gasteiger partial charge in [0, 0.05) is 13.3 Å². The molecule has 0 saturated carbocycles. The van der Waals surface area contributed by atoms with Gasteiger partial charge in [0.2, 0.25) is 5.91 Å². The van der Waals surface area contributed by atoms with Crippen molar-refractivity contribution in [2.24, 2.45) is 5.73 Å². The summed E-state index contributed by atoms with van der Waals surface area (Å²) in [6, 6.07) is 4.56. The number of nitrogens with two attached hydrogens (primary N) is 1. The molecule has 0 aliphatic carbocycles. The monoisotopic (exact) mass is 372 g/mol. The van der Waals surface area contributed by atoms with Gasteiger partial charge in [-0.05, 0) is 36.1 Å². The average Bonchev–Trinajstić information content (AvgIpc) is 2.54. The third-order valence-electron chi connectivity index (χ3n) is 3.00. The van der Waals surface area contributed by atoms with E-state index < -0.39 is 24.0 Å². The Hall–Kier alpha value is -2.26. The zero-order chi connectivity index (χ0) is 19.4. The molecule has 1 aromatic rings. The summed E-state index contributed by atoms with van der Waals surface area (Å²) in [7, 11) is 0. The largest absolute Gasteiger partial charge is 0.508 e. The number of phenolic OH excluding ortho intramolecular Hbond substituents is 1. The topological polar surface area (TPSA) is 150 Å². The molecule has 0 aliphatic rings. The number of hydrogen-bond donors (Lipinski definition) is 5. The molecule has 25 heavy (non-hydrogen) atoms. The normalized spacial score (nSPS) is 12.3. The Morgan fingerprint density at radius 2 is 1.72 bits per heavy atom. The number of amides is 1. The highest BCUT2D eigenvalue weighted by Gasteiger charge is 2.18. The van der Waals surface area contributed by atoms with Crippen LogP contribution in [0.2, 0.25) is 0 Å². The maximum Gasteiger partial charge on any atom is 0.326 e. The lowest BCUT2D eigenvalue weighted by atomic mass is 10.1. The first-order valence-corrected chi connectivity index (χ1v) is 8.81. The van der Waals surface area contributed by atoms with E-state index in [1.807, 2.05) is 6.26 Å². The third kappa shape index (κ3) is 11.0. The number of rotatable bonds is 8. The van der Waals surface area contributed by atoms with Crippen LogP contribution < -0.4 is 11.1 Å². The number of benzene rings is 1. The maximum atomic E-state index is 10.8. The molecule has 1 amide bonds. The van der Waals surface area contributed by atoms with Crippen LogP contribution in [0.25, 0.3) is 0 Å². The van der Waals surface area contributed by atoms with E-state index >= 15 is 0 Å². The maximum absolute atomic E-state index is 10.8. The number of carbonyl (C=O) groups is 3. The second-order valence-corrected chi connectivity index (χ2v) is 6.17. The van der Waals surface area contributed by atoms with Crippen molar-refractivity contribution in [2.75, 3.05) is 12.0 Å². The summed E-state index contributed by atoms with van der Waals surface area (Å²) in [6.07, 6.45) is 2.67. The van der Waals surface area contributed by atoms with Crippen LogP contribution in [0.1, 0.15) is 18.9 Å². The van der Waals surface area contributed by atoms with Gasteiger partial charge in [-0.25, -0.2) is 4.79 Å². The van der Waals surface area contributed by atoms with Crippen molar-refractivity contribution in [3.05, 3.63) is 29.8 Å². The third-order valence-corrected chi connectivity index (χ3v) is 3.65. The minimum absolute atomic E-state index is 0.121. The van der Waals surface area contributed by atoms with Crippen molar-refractivity contribution in [1.29, 1.82) is 0 Å². The van der Waals surface area contributed by atoms with Gasteiger partial charge in [0.25, 0.3) is 0 Å². The second-order valence-electron chi connectivity index (χ2n) is 5.19. The summed E-state index contributed by atoms with van der Waals surface area (Å²) in [5.74, 6) is -1.44. The molecule has 8 nitrogen and oxygen atoms in total. The summed E-state index contributed by atoms with van der Waals surface area (Å²) in [5.41, 5.74) is 5.92. The van der Waals surface area contributed by atoms with Gasteiger partial charge in [-0.3, -0.25) is 9.59 Å². The molecule has 6 N–H and O–H groups in total. The predicted molar refractivity (Wildman–Crippen MR) is 95.7 cm³/mol. The molecular formula is C16H24N2O6S. The van der Waals surface area contributed by atoms with Crippen molar-refractivity contribution in [1.82, 2.24) is 5.32 Å². The number of hydrogen-bond acceptors (Lipinski definition) is 6. The number of aliphatic carboxylic acids is 2. The lowest BCUT2D eigenvalue weighted by Crippen LogP contribution is -2.41. The van der Waals surface area contributed by atoms with Crippen molar-refractivity contribution < 1.29 is 29.7 Å². The fourth-order valence-electron chi connectivity index (χ4n) is 1.68. The Bertz CT molecular complexity index is 564. The van der Waals surface area contributed by atoms with E-state index in [4.69, 9.17) is 21.1 Å². The van der Waals surface area contributed by atoms with Crippen LogP contribution in [-0.4, -0.2) is 57.3 Å². The van der Waals surface area contributed by atoms with E-state index in [1.165, 1.54) is 19.1 Å². The molecule has 0 aromatic heterocycles. The van der Waals surface area contributed by atoms with Crippen LogP contribution in [0.15, 0.2) is 24.3 Å². The summed E-state index contributed by atoms with van der Waals surface area (Å²) in [5, 5.41) is 28.5. The number of thioether (sulfide) groups is 1. The zero-order valence-electron chi connectivity index (χ0n) is 14.1. The Kier molecular flexibility index (Phi) is 11.1. The number of aromatic hydroxyl groups is 1. The van der Waals surface area contributed by atoms with Crippen molar-refractivity contribution in [2.45, 2.75) is 31.8 Å². The Labute approximate surface area is 150 Å². The van der Waals surface area contributed by atoms with E-state index in [9.17, 15) is 14.4 Å². The standard InChI is InChI=1S/C11H13NO4.C5H11NO2S/c1-7(13)12-10(11(15)16)6-8-2-4-9(14)5-3-8;1-9-3-2-4(6)5(7)8/h2-5,10,14H,6H2,1H3,(H,12,13)(H,15,16);4H,2-3,6H2,1H3,(H,7,8). The Morgan fingerprint density at radius 3 is 2.12 bits per heavy atom. The lowest BCUT2D eigenvalue weighted by Gasteiger charge is -2.13. The number of carboxylic acid groups (broad SMARTS) is 2. The molecule has 0 bridgehead atoms. The fraction of sp³-hybridized carbons (Fsp3) is 0.438. The van der Waals surface area contributed by atoms with Gasteiger partial charge in [0.05, 0.1) is 0 Å². The van der Waals surface area contributed by atoms with Crippen LogP contribution in [0, 0.1) is 0 Å². The van der Waals surface area contributed by atoms with Crippen LogP contribution in [0.4, 0.5) is 0 Å². The number of phenols is 1. The molecule has 0 spiro atoms. The van der Waals surface area contributed by atoms with Crippen LogP contribution in [0.3, 0.4) is 0 Å². The molecule has 0 fully saturated rings. The number of carboxylic acids is 2. The van der Waals surface area contributed by atoms with E-state index in [1.54, 1.807) is 23.9 Å². The number of carbonyl (C=O) groups excluding carboxylic acids is 1. The molecule has 0 heterocycles. The molecule has 1 rings (SSSR count). The highest BCUT2D eigenvalue weighted by Crippen LogP contribution is 2.11. The summed E-state index contributed by atoms with van der Waals surface area (Å²) >= 11 is 1.60. The van der Waals surface area contributed by atoms with Gasteiger partial charge in [0.1, 0.15) is 17.8 Å². The average molecular weight is 372 g/mol. The second kappa shape index (κ2) is 12.2. The van der Waals surface area contributed by atoms with E-state index in [-0.39, 0.29) is 18.1 Å². The minimum Gasteiger partial charge on any atom is -0.508 e. The molecule has 140 valence electrons. The Morgan fingerprint density at radius 1 is 1.16 bits per heavy atom. The first kappa shape index (κ1) is 22.7. The van der Waals surface area contributed by atoms with Gasteiger partial charge in [-0.1, -0.05) is 12.1 Å². The lowest BCUT2D eigenvalue weighted by molar-refractivity contribution is -0.141. The molecule has 0 radical (unpaired) electrons. The van der Waals surface area contributed by atoms with Crippen LogP contribution in [0.5, 0.6) is 5.75 Å². The van der Waals surface area contributed by atoms with Gasteiger partial charge in [-0.15, -0.1) is 0 Å². The predicted octanol–water partition coefficient (Wildman–Crippen LogP) is 0.675. The van der Waals surface area contributed by atoms with Crippen LogP contribution >= 0.6 is 11.8 Å². The fourth-order valence-corrected chi connectivity index (χ4v) is 2.17. The smallest absolute Gasteiger partial charge is 0.326 e. The van der Waals surface area contributed by atoms with E-state index in [0.717, 1.165) is 11.3 Å². The quantitative estimate of drug-likeness (QED) is 0.447. The van der Waals surface area contributed by atoms with E-state index in [2.05, 4.69) is 5.32 Å².